The molecule has 7 nitrogen and oxygen atoms in total. The van der Waals surface area contributed by atoms with Crippen LogP contribution in [0.5, 0.6) is 0 Å². The van der Waals surface area contributed by atoms with E-state index in [1.165, 1.54) is 23.9 Å². The molecule has 0 saturated carbocycles. The zero-order chi connectivity index (χ0) is 20.8. The number of carbonyl (C=O) groups excluding carboxylic acids is 1. The zero-order valence-corrected chi connectivity index (χ0v) is 18.9. The van der Waals surface area contributed by atoms with E-state index in [1.807, 2.05) is 0 Å². The topological polar surface area (TPSA) is 72.3 Å². The highest BCUT2D eigenvalue weighted by molar-refractivity contribution is 9.10. The third-order valence-electron chi connectivity index (χ3n) is 4.35. The van der Waals surface area contributed by atoms with Crippen molar-refractivity contribution in [2.75, 3.05) is 37.4 Å². The summed E-state index contributed by atoms with van der Waals surface area (Å²) in [6.45, 7) is 8.96. The minimum absolute atomic E-state index is 0.128. The van der Waals surface area contributed by atoms with Gasteiger partial charge in [-0.05, 0) is 24.1 Å². The Balaban J connectivity index is 1.63. The Hall–Kier alpha value is -1.49. The van der Waals surface area contributed by atoms with Crippen molar-refractivity contribution in [1.82, 2.24) is 19.7 Å². The number of hydrogen-bond donors (Lipinski definition) is 1. The number of nitrogens with zero attached hydrogens (tertiary/aromatic N) is 4. The van der Waals surface area contributed by atoms with Crippen LogP contribution in [0.4, 0.5) is 10.1 Å². The summed E-state index contributed by atoms with van der Waals surface area (Å²) in [7, 11) is 0. The molecule has 1 aliphatic rings. The van der Waals surface area contributed by atoms with Gasteiger partial charge in [0.05, 0.1) is 31.2 Å². The Bertz CT molecular complexity index is 842. The van der Waals surface area contributed by atoms with Crippen molar-refractivity contribution in [1.29, 1.82) is 0 Å². The number of aromatic nitrogens is 3. The molecule has 1 saturated heterocycles. The molecule has 1 aliphatic heterocycles. The van der Waals surface area contributed by atoms with Crippen molar-refractivity contribution in [3.05, 3.63) is 34.3 Å². The molecule has 0 spiro atoms. The summed E-state index contributed by atoms with van der Waals surface area (Å²) in [6, 6.07) is 4.53. The van der Waals surface area contributed by atoms with Crippen LogP contribution < -0.4 is 5.32 Å². The van der Waals surface area contributed by atoms with Crippen molar-refractivity contribution in [3.63, 3.8) is 0 Å². The lowest BCUT2D eigenvalue weighted by molar-refractivity contribution is -0.113. The molecule has 0 bridgehead atoms. The minimum Gasteiger partial charge on any atom is -0.379 e. The van der Waals surface area contributed by atoms with Gasteiger partial charge in [-0.2, -0.15) is 0 Å². The number of ether oxygens (including phenoxy) is 1. The maximum atomic E-state index is 13.9. The Morgan fingerprint density at radius 3 is 2.79 bits per heavy atom. The van der Waals surface area contributed by atoms with Crippen molar-refractivity contribution < 1.29 is 13.9 Å². The number of anilines is 1. The molecule has 0 unspecified atom stereocenters. The van der Waals surface area contributed by atoms with E-state index in [0.717, 1.165) is 38.7 Å². The first-order valence-corrected chi connectivity index (χ1v) is 11.3. The normalized spacial score (nSPS) is 15.1. The van der Waals surface area contributed by atoms with Crippen molar-refractivity contribution in [3.8, 4) is 0 Å². The van der Waals surface area contributed by atoms with Gasteiger partial charge in [-0.1, -0.05) is 41.5 Å². The van der Waals surface area contributed by atoms with Crippen LogP contribution in [0, 0.1) is 11.7 Å². The number of benzene rings is 1. The maximum absolute atomic E-state index is 13.9. The van der Waals surface area contributed by atoms with Crippen LogP contribution in [-0.2, 0) is 22.6 Å². The largest absolute Gasteiger partial charge is 0.379 e. The lowest BCUT2D eigenvalue weighted by Crippen LogP contribution is -2.36. The third kappa shape index (κ3) is 6.50. The summed E-state index contributed by atoms with van der Waals surface area (Å²) in [6.07, 6.45) is 0. The van der Waals surface area contributed by atoms with E-state index in [4.69, 9.17) is 4.74 Å². The molecular weight excluding hydrogens is 461 g/mol. The number of nitrogens with one attached hydrogen (secondary N) is 1. The van der Waals surface area contributed by atoms with Crippen LogP contribution in [0.2, 0.25) is 0 Å². The second kappa shape index (κ2) is 10.5. The molecule has 1 aromatic heterocycles. The molecular formula is C19H25BrFN5O2S. The third-order valence-corrected chi connectivity index (χ3v) is 5.81. The Morgan fingerprint density at radius 2 is 2.10 bits per heavy atom. The van der Waals surface area contributed by atoms with E-state index in [9.17, 15) is 9.18 Å². The summed E-state index contributed by atoms with van der Waals surface area (Å²) >= 11 is 4.51. The molecule has 1 fully saturated rings. The number of thioether (sulfide) groups is 1. The number of amides is 1. The average Bonchev–Trinajstić information content (AvgIpc) is 3.04. The van der Waals surface area contributed by atoms with Gasteiger partial charge in [0, 0.05) is 24.1 Å². The van der Waals surface area contributed by atoms with Gasteiger partial charge in [-0.3, -0.25) is 9.69 Å². The molecule has 3 rings (SSSR count). The molecule has 2 heterocycles. The smallest absolute Gasteiger partial charge is 0.234 e. The Morgan fingerprint density at radius 1 is 1.34 bits per heavy atom. The standard InChI is InChI=1S/C19H25BrFN5O2S/c1-13(2)10-26-17(11-25-5-7-28-8-6-25)23-24-19(26)29-12-18(27)22-16-4-3-14(20)9-15(16)21/h3-4,9,13H,5-8,10-12H2,1-2H3,(H,22,27). The van der Waals surface area contributed by atoms with E-state index in [2.05, 4.69) is 54.8 Å². The Labute approximate surface area is 182 Å². The molecule has 1 aromatic carbocycles. The second-order valence-electron chi connectivity index (χ2n) is 7.25. The first-order valence-electron chi connectivity index (χ1n) is 9.52. The molecule has 0 radical (unpaired) electrons. The summed E-state index contributed by atoms with van der Waals surface area (Å²) in [5.74, 6) is 0.670. The van der Waals surface area contributed by atoms with Crippen LogP contribution in [0.15, 0.2) is 27.8 Å². The van der Waals surface area contributed by atoms with Gasteiger partial charge in [-0.25, -0.2) is 4.39 Å². The highest BCUT2D eigenvalue weighted by atomic mass is 79.9. The highest BCUT2D eigenvalue weighted by Gasteiger charge is 2.19. The number of rotatable bonds is 8. The van der Waals surface area contributed by atoms with Gasteiger partial charge in [0.25, 0.3) is 0 Å². The van der Waals surface area contributed by atoms with E-state index >= 15 is 0 Å². The lowest BCUT2D eigenvalue weighted by Gasteiger charge is -2.26. The summed E-state index contributed by atoms with van der Waals surface area (Å²) in [5.41, 5.74) is 0.162. The molecule has 10 heteroatoms. The minimum atomic E-state index is -0.478. The quantitative estimate of drug-likeness (QED) is 0.577. The van der Waals surface area contributed by atoms with E-state index < -0.39 is 5.82 Å². The summed E-state index contributed by atoms with van der Waals surface area (Å²) < 4.78 is 22.0. The molecule has 1 N–H and O–H groups in total. The van der Waals surface area contributed by atoms with Crippen molar-refractivity contribution in [2.24, 2.45) is 5.92 Å². The Kier molecular flexibility index (Phi) is 8.05. The first kappa shape index (κ1) is 22.2. The fourth-order valence-corrected chi connectivity index (χ4v) is 4.06. The van der Waals surface area contributed by atoms with Gasteiger partial charge in [0.15, 0.2) is 5.16 Å². The van der Waals surface area contributed by atoms with Gasteiger partial charge >= 0.3 is 0 Å². The number of morpholine rings is 1. The average molecular weight is 486 g/mol. The fraction of sp³-hybridized carbons (Fsp3) is 0.526. The van der Waals surface area contributed by atoms with E-state index in [1.54, 1.807) is 6.07 Å². The van der Waals surface area contributed by atoms with Crippen molar-refractivity contribution in [2.45, 2.75) is 32.1 Å². The molecule has 0 aliphatic carbocycles. The maximum Gasteiger partial charge on any atom is 0.234 e. The van der Waals surface area contributed by atoms with Crippen LogP contribution >= 0.6 is 27.7 Å². The molecule has 158 valence electrons. The molecule has 0 atom stereocenters. The van der Waals surface area contributed by atoms with Crippen LogP contribution in [-0.4, -0.2) is 57.6 Å². The SMILES string of the molecule is CC(C)Cn1c(CN2CCOCC2)nnc1SCC(=O)Nc1ccc(Br)cc1F. The highest BCUT2D eigenvalue weighted by Crippen LogP contribution is 2.22. The number of carbonyl (C=O) groups is 1. The van der Waals surface area contributed by atoms with Crippen molar-refractivity contribution >= 4 is 39.3 Å². The first-order chi connectivity index (χ1) is 13.9. The fourth-order valence-electron chi connectivity index (χ4n) is 2.96. The van der Waals surface area contributed by atoms with E-state index in [-0.39, 0.29) is 17.3 Å². The van der Waals surface area contributed by atoms with Gasteiger partial charge in [-0.15, -0.1) is 10.2 Å². The molecule has 1 amide bonds. The number of halogens is 2. The van der Waals surface area contributed by atoms with Crippen LogP contribution in [0.3, 0.4) is 0 Å². The van der Waals surface area contributed by atoms with Gasteiger partial charge in [0.2, 0.25) is 5.91 Å². The summed E-state index contributed by atoms with van der Waals surface area (Å²) in [4.78, 5) is 14.6. The summed E-state index contributed by atoms with van der Waals surface area (Å²) in [5, 5.41) is 12.0. The molecule has 29 heavy (non-hydrogen) atoms. The van der Waals surface area contributed by atoms with E-state index in [0.29, 0.717) is 22.1 Å². The van der Waals surface area contributed by atoms with Crippen LogP contribution in [0.1, 0.15) is 19.7 Å². The lowest BCUT2D eigenvalue weighted by atomic mass is 10.2. The zero-order valence-electron chi connectivity index (χ0n) is 16.5. The molecule has 2 aromatic rings. The van der Waals surface area contributed by atoms with Gasteiger partial charge in [0.1, 0.15) is 11.6 Å². The predicted molar refractivity (Wildman–Crippen MR) is 114 cm³/mol. The van der Waals surface area contributed by atoms with Crippen LogP contribution in [0.25, 0.3) is 0 Å². The monoisotopic (exact) mass is 485 g/mol. The number of hydrogen-bond acceptors (Lipinski definition) is 6. The second-order valence-corrected chi connectivity index (χ2v) is 9.11. The van der Waals surface area contributed by atoms with Gasteiger partial charge < -0.3 is 14.6 Å². The predicted octanol–water partition coefficient (Wildman–Crippen LogP) is 3.40.